The molecule has 1 aliphatic heterocycles. The van der Waals surface area contributed by atoms with E-state index in [-0.39, 0.29) is 5.41 Å². The molecular formula is C25H39N4S+. The van der Waals surface area contributed by atoms with Crippen molar-refractivity contribution in [2.24, 2.45) is 5.92 Å². The first-order chi connectivity index (χ1) is 14.3. The predicted molar refractivity (Wildman–Crippen MR) is 126 cm³/mol. The summed E-state index contributed by atoms with van der Waals surface area (Å²) in [5.74, 6) is 1.72. The van der Waals surface area contributed by atoms with Gasteiger partial charge in [-0.2, -0.15) is 4.68 Å². The van der Waals surface area contributed by atoms with Gasteiger partial charge in [0.05, 0.1) is 13.1 Å². The zero-order valence-electron chi connectivity index (χ0n) is 19.3. The van der Waals surface area contributed by atoms with Crippen LogP contribution in [0.4, 0.5) is 0 Å². The third-order valence-electron chi connectivity index (χ3n) is 7.21. The molecule has 2 atom stereocenters. The molecule has 1 aromatic carbocycles. The van der Waals surface area contributed by atoms with Crippen molar-refractivity contribution < 1.29 is 4.90 Å². The molecule has 2 fully saturated rings. The minimum absolute atomic E-state index is 0.159. The van der Waals surface area contributed by atoms with Crippen molar-refractivity contribution in [1.29, 1.82) is 0 Å². The van der Waals surface area contributed by atoms with E-state index in [0.29, 0.717) is 12.0 Å². The van der Waals surface area contributed by atoms with Gasteiger partial charge in [0.1, 0.15) is 0 Å². The van der Waals surface area contributed by atoms with Gasteiger partial charge in [-0.05, 0) is 61.2 Å². The number of hydrogen-bond donors (Lipinski definition) is 1. The molecule has 2 heterocycles. The third kappa shape index (κ3) is 4.57. The molecule has 2 aliphatic rings. The molecule has 0 radical (unpaired) electrons. The quantitative estimate of drug-likeness (QED) is 0.683. The van der Waals surface area contributed by atoms with E-state index in [4.69, 9.17) is 17.3 Å². The molecule has 1 aromatic heterocycles. The molecule has 164 valence electrons. The van der Waals surface area contributed by atoms with Crippen molar-refractivity contribution in [3.63, 3.8) is 0 Å². The van der Waals surface area contributed by atoms with Gasteiger partial charge < -0.3 is 4.90 Å². The normalized spacial score (nSPS) is 23.6. The molecule has 0 bridgehead atoms. The van der Waals surface area contributed by atoms with Crippen LogP contribution in [0.15, 0.2) is 24.3 Å². The Hall–Kier alpha value is -1.46. The first-order valence-electron chi connectivity index (χ1n) is 12.0. The van der Waals surface area contributed by atoms with Gasteiger partial charge in [-0.3, -0.25) is 4.57 Å². The van der Waals surface area contributed by atoms with E-state index in [1.54, 1.807) is 4.90 Å². The van der Waals surface area contributed by atoms with E-state index in [9.17, 15) is 0 Å². The Morgan fingerprint density at radius 3 is 2.30 bits per heavy atom. The van der Waals surface area contributed by atoms with Gasteiger partial charge >= 0.3 is 0 Å². The van der Waals surface area contributed by atoms with Gasteiger partial charge in [0, 0.05) is 11.6 Å². The van der Waals surface area contributed by atoms with Crippen LogP contribution in [0.2, 0.25) is 0 Å². The monoisotopic (exact) mass is 427 g/mol. The van der Waals surface area contributed by atoms with Crippen LogP contribution in [-0.2, 0) is 12.1 Å². The molecule has 1 N–H and O–H groups in total. The number of quaternary nitrogens is 1. The molecular weight excluding hydrogens is 388 g/mol. The molecule has 1 saturated carbocycles. The van der Waals surface area contributed by atoms with E-state index in [2.05, 4.69) is 61.2 Å². The van der Waals surface area contributed by atoms with Crippen LogP contribution in [0.1, 0.15) is 84.2 Å². The molecule has 5 heteroatoms. The lowest BCUT2D eigenvalue weighted by Crippen LogP contribution is -3.12. The largest absolute Gasteiger partial charge is 0.316 e. The highest BCUT2D eigenvalue weighted by atomic mass is 32.1. The SMILES string of the molecule is C[C@H]1CCCC[C@@H]1n1c(-c2ccc(C(C)(C)C)cc2)nn(C[NH+]2CCCCC2)c1=S. The zero-order valence-corrected chi connectivity index (χ0v) is 20.1. The molecule has 2 aromatic rings. The Morgan fingerprint density at radius 2 is 1.67 bits per heavy atom. The Morgan fingerprint density at radius 1 is 1.00 bits per heavy atom. The minimum Gasteiger partial charge on any atom is -0.316 e. The lowest BCUT2D eigenvalue weighted by Gasteiger charge is -2.30. The van der Waals surface area contributed by atoms with Crippen LogP contribution in [0.5, 0.6) is 0 Å². The Balaban J connectivity index is 1.73. The summed E-state index contributed by atoms with van der Waals surface area (Å²) in [5, 5.41) is 5.13. The van der Waals surface area contributed by atoms with E-state index >= 15 is 0 Å². The van der Waals surface area contributed by atoms with E-state index in [1.165, 1.54) is 69.2 Å². The average Bonchev–Trinajstić information content (AvgIpc) is 3.05. The maximum atomic E-state index is 6.05. The maximum absolute atomic E-state index is 6.05. The Bertz CT molecular complexity index is 897. The topological polar surface area (TPSA) is 27.2 Å². The van der Waals surface area contributed by atoms with Crippen molar-refractivity contribution in [1.82, 2.24) is 14.3 Å². The lowest BCUT2D eigenvalue weighted by atomic mass is 9.85. The van der Waals surface area contributed by atoms with Gasteiger partial charge in [-0.1, -0.05) is 64.8 Å². The van der Waals surface area contributed by atoms with Crippen LogP contribution in [0.3, 0.4) is 0 Å². The second-order valence-electron chi connectivity index (χ2n) is 10.6. The molecule has 0 spiro atoms. The van der Waals surface area contributed by atoms with Crippen molar-refractivity contribution >= 4 is 12.2 Å². The lowest BCUT2D eigenvalue weighted by molar-refractivity contribution is -0.928. The number of piperidine rings is 1. The summed E-state index contributed by atoms with van der Waals surface area (Å²) in [6.07, 6.45) is 9.15. The summed E-state index contributed by atoms with van der Waals surface area (Å²) in [7, 11) is 0. The van der Waals surface area contributed by atoms with Crippen molar-refractivity contribution in [3.8, 4) is 11.4 Å². The molecule has 0 unspecified atom stereocenters. The maximum Gasteiger partial charge on any atom is 0.203 e. The fraction of sp³-hybridized carbons (Fsp3) is 0.680. The van der Waals surface area contributed by atoms with E-state index in [1.807, 2.05) is 0 Å². The molecule has 1 aliphatic carbocycles. The van der Waals surface area contributed by atoms with Crippen LogP contribution < -0.4 is 4.90 Å². The highest BCUT2D eigenvalue weighted by molar-refractivity contribution is 7.71. The van der Waals surface area contributed by atoms with E-state index < -0.39 is 0 Å². The Kier molecular flexibility index (Phi) is 6.50. The number of hydrogen-bond acceptors (Lipinski definition) is 2. The summed E-state index contributed by atoms with van der Waals surface area (Å²) in [6, 6.07) is 9.50. The van der Waals surface area contributed by atoms with Gasteiger partial charge in [0.25, 0.3) is 0 Å². The predicted octanol–water partition coefficient (Wildman–Crippen LogP) is 5.16. The second kappa shape index (κ2) is 8.96. The molecule has 1 saturated heterocycles. The minimum atomic E-state index is 0.159. The summed E-state index contributed by atoms with van der Waals surface area (Å²) < 4.78 is 5.46. The van der Waals surface area contributed by atoms with Crippen LogP contribution in [0, 0.1) is 10.7 Å². The Labute approximate surface area is 187 Å². The van der Waals surface area contributed by atoms with E-state index in [0.717, 1.165) is 17.3 Å². The highest BCUT2D eigenvalue weighted by Gasteiger charge is 2.28. The summed E-state index contributed by atoms with van der Waals surface area (Å²) >= 11 is 6.05. The fourth-order valence-corrected chi connectivity index (χ4v) is 5.57. The highest BCUT2D eigenvalue weighted by Crippen LogP contribution is 2.37. The molecule has 30 heavy (non-hydrogen) atoms. The van der Waals surface area contributed by atoms with Gasteiger partial charge in [-0.15, -0.1) is 5.10 Å². The first-order valence-corrected chi connectivity index (χ1v) is 12.4. The third-order valence-corrected chi connectivity index (χ3v) is 7.62. The van der Waals surface area contributed by atoms with Crippen molar-refractivity contribution in [3.05, 3.63) is 34.6 Å². The summed E-state index contributed by atoms with van der Waals surface area (Å²) in [4.78, 5) is 1.62. The fourth-order valence-electron chi connectivity index (χ4n) is 5.24. The number of aromatic nitrogens is 3. The number of nitrogens with zero attached hydrogens (tertiary/aromatic N) is 3. The zero-order chi connectivity index (χ0) is 21.3. The van der Waals surface area contributed by atoms with Crippen molar-refractivity contribution in [2.45, 2.75) is 90.8 Å². The average molecular weight is 428 g/mol. The summed E-state index contributed by atoms with van der Waals surface area (Å²) in [5.41, 5.74) is 2.71. The van der Waals surface area contributed by atoms with Crippen LogP contribution in [0.25, 0.3) is 11.4 Å². The van der Waals surface area contributed by atoms with Crippen LogP contribution in [-0.4, -0.2) is 27.4 Å². The van der Waals surface area contributed by atoms with Crippen molar-refractivity contribution in [2.75, 3.05) is 13.1 Å². The van der Waals surface area contributed by atoms with Crippen LogP contribution >= 0.6 is 12.2 Å². The number of benzene rings is 1. The molecule has 4 nitrogen and oxygen atoms in total. The second-order valence-corrected chi connectivity index (χ2v) is 11.0. The smallest absolute Gasteiger partial charge is 0.203 e. The molecule has 0 amide bonds. The first kappa shape index (κ1) is 21.8. The van der Waals surface area contributed by atoms with Gasteiger partial charge in [0.15, 0.2) is 12.5 Å². The number of likely N-dealkylation sites (tertiary alicyclic amines) is 1. The summed E-state index contributed by atoms with van der Waals surface area (Å²) in [6.45, 7) is 12.6. The van der Waals surface area contributed by atoms with Gasteiger partial charge in [-0.25, -0.2) is 0 Å². The molecule has 4 rings (SSSR count). The standard InChI is InChI=1S/C25H38N4S/c1-19-10-6-7-11-22(19)29-23(20-12-14-21(15-13-20)25(2,3)4)26-28(24(29)30)18-27-16-8-5-9-17-27/h12-15,19,22H,5-11,16-18H2,1-4H3/p+1/t19-,22-/m0/s1. The number of nitrogens with one attached hydrogen (secondary N) is 1. The van der Waals surface area contributed by atoms with Gasteiger partial charge in [0.2, 0.25) is 4.77 Å². The number of rotatable bonds is 4.